The monoisotopic (exact) mass is 534 g/mol. The molecule has 0 saturated carbocycles. The van der Waals surface area contributed by atoms with Crippen LogP contribution < -0.4 is 0 Å². The molecule has 0 heterocycles. The van der Waals surface area contributed by atoms with Gasteiger partial charge in [0.25, 0.3) is 0 Å². The van der Waals surface area contributed by atoms with Crippen molar-refractivity contribution in [3.63, 3.8) is 0 Å². The average molecular weight is 536 g/mol. The molecule has 0 saturated heterocycles. The molecule has 0 aromatic heterocycles. The zero-order valence-corrected chi connectivity index (χ0v) is 20.6. The second-order valence-corrected chi connectivity index (χ2v) is 6.04. The molecule has 0 amide bonds. The Bertz CT molecular complexity index is 364. The Labute approximate surface area is 201 Å². The summed E-state index contributed by atoms with van der Waals surface area (Å²) in [5.74, 6) is -2.93. The second kappa shape index (κ2) is 38.2. The van der Waals surface area contributed by atoms with Gasteiger partial charge < -0.3 is 50.8 Å². The third-order valence-corrected chi connectivity index (χ3v) is 2.19. The molecule has 0 aliphatic carbocycles. The van der Waals surface area contributed by atoms with Crippen molar-refractivity contribution in [3.8, 4) is 0 Å². The molecule has 14 heteroatoms. The summed E-state index contributed by atoms with van der Waals surface area (Å²) in [5, 5.41) is 43.8. The fraction of sp³-hybridized carbons (Fsp3) is 0.750. The summed E-state index contributed by atoms with van der Waals surface area (Å²) in [7, 11) is 16.7. The summed E-state index contributed by atoms with van der Waals surface area (Å²) in [6.45, 7) is 4.58. The number of isocyanates is 2. The quantitative estimate of drug-likeness (QED) is 0.161. The summed E-state index contributed by atoms with van der Waals surface area (Å²) in [6, 6.07) is 0. The van der Waals surface area contributed by atoms with Gasteiger partial charge in [0, 0.05) is 60.3 Å². The van der Waals surface area contributed by atoms with Crippen LogP contribution in [0.5, 0.6) is 0 Å². The van der Waals surface area contributed by atoms with E-state index in [1.807, 2.05) is 0 Å². The van der Waals surface area contributed by atoms with Gasteiger partial charge in [0.2, 0.25) is 0 Å². The van der Waals surface area contributed by atoms with Crippen LogP contribution in [0.25, 0.3) is 10.8 Å². The van der Waals surface area contributed by atoms with E-state index in [9.17, 15) is 0 Å². The number of aliphatic hydroxyl groups excluding tert-OH is 2. The Hall–Kier alpha value is -1.42. The normalized spacial score (nSPS) is 8.00. The van der Waals surface area contributed by atoms with Gasteiger partial charge in [-0.15, -0.1) is 0 Å². The standard InChI is InChI=1S/2C6H16N2.C2H4O4.2CNO.2Cu/c2*1-7(2)5-6-8(3)4;3-1(4)2(5)6;2*2-1-3;;/h2*5-6H2,1-4H3;3-6H;;;;/q;;;2*-1;;. The molecular weight excluding hydrogens is 499 g/mol. The van der Waals surface area contributed by atoms with Gasteiger partial charge in [-0.2, -0.15) is 0 Å². The van der Waals surface area contributed by atoms with Gasteiger partial charge in [0.05, 0.1) is 0 Å². The molecule has 190 valence electrons. The van der Waals surface area contributed by atoms with E-state index in [-0.39, 0.29) is 34.1 Å². The molecule has 4 N–H and O–H groups in total. The van der Waals surface area contributed by atoms with Crippen molar-refractivity contribution in [2.45, 2.75) is 0 Å². The van der Waals surface area contributed by atoms with Crippen molar-refractivity contribution in [2.75, 3.05) is 82.6 Å². The third kappa shape index (κ3) is 110. The average Bonchev–Trinajstić information content (AvgIpc) is 2.53. The van der Waals surface area contributed by atoms with Gasteiger partial charge in [-0.05, 0) is 68.5 Å². The van der Waals surface area contributed by atoms with Crippen LogP contribution >= 0.6 is 0 Å². The van der Waals surface area contributed by atoms with Crippen LogP contribution in [0, 0.1) is 0 Å². The van der Waals surface area contributed by atoms with Crippen LogP contribution in [0.15, 0.2) is 11.9 Å². The Kier molecular flexibility index (Phi) is 59.5. The zero-order chi connectivity index (χ0) is 23.7. The molecule has 0 aliphatic rings. The SMILES string of the molecule is CN(C)CCN(C)C.CN(C)CCN(C)C.OC(O)=C(O)O.[Cu].[Cu].[N-]=C=O.[N-]=C=O. The number of likely N-dealkylation sites (N-methyl/N-ethyl adjacent to an activating group) is 4. The molecule has 0 aromatic rings. The van der Waals surface area contributed by atoms with E-state index in [0.29, 0.717) is 12.2 Å². The summed E-state index contributed by atoms with van der Waals surface area (Å²) < 4.78 is 0. The van der Waals surface area contributed by atoms with Crippen LogP contribution in [0.1, 0.15) is 0 Å². The Morgan fingerprint density at radius 1 is 0.567 bits per heavy atom. The summed E-state index contributed by atoms with van der Waals surface area (Å²) in [6.07, 6.45) is 1.00. The van der Waals surface area contributed by atoms with Crippen LogP contribution in [0.2, 0.25) is 0 Å². The fourth-order valence-electron chi connectivity index (χ4n) is 0.800. The van der Waals surface area contributed by atoms with Crippen molar-refractivity contribution < 1.29 is 64.2 Å². The van der Waals surface area contributed by atoms with Crippen molar-refractivity contribution in [2.24, 2.45) is 0 Å². The van der Waals surface area contributed by atoms with E-state index < -0.39 is 11.9 Å². The molecule has 0 fully saturated rings. The van der Waals surface area contributed by atoms with Crippen LogP contribution in [0.4, 0.5) is 0 Å². The van der Waals surface area contributed by atoms with Crippen molar-refractivity contribution >= 4 is 12.2 Å². The van der Waals surface area contributed by atoms with Gasteiger partial charge in [0.15, 0.2) is 0 Å². The third-order valence-electron chi connectivity index (χ3n) is 2.19. The van der Waals surface area contributed by atoms with E-state index in [4.69, 9.17) is 40.8 Å². The first-order valence-corrected chi connectivity index (χ1v) is 7.84. The minimum absolute atomic E-state index is 0. The second-order valence-electron chi connectivity index (χ2n) is 6.04. The largest absolute Gasteiger partial charge is 0.724 e. The number of aliphatic hydroxyl groups is 4. The molecule has 30 heavy (non-hydrogen) atoms. The molecule has 0 bridgehead atoms. The summed E-state index contributed by atoms with van der Waals surface area (Å²) in [4.78, 5) is 25.2. The minimum Gasteiger partial charge on any atom is -0.724 e. The maximum absolute atomic E-state index is 8.24. The first kappa shape index (κ1) is 46.7. The van der Waals surface area contributed by atoms with Crippen LogP contribution in [0.3, 0.4) is 0 Å². The van der Waals surface area contributed by atoms with E-state index in [0.717, 1.165) is 26.2 Å². The molecule has 12 nitrogen and oxygen atoms in total. The van der Waals surface area contributed by atoms with Gasteiger partial charge in [-0.1, -0.05) is 0 Å². The Morgan fingerprint density at radius 3 is 0.700 bits per heavy atom. The van der Waals surface area contributed by atoms with E-state index in [1.54, 1.807) is 0 Å². The molecule has 2 radical (unpaired) electrons. The fourth-order valence-corrected chi connectivity index (χ4v) is 0.800. The first-order valence-electron chi connectivity index (χ1n) is 7.84. The van der Waals surface area contributed by atoms with Gasteiger partial charge in [-0.25, -0.2) is 0 Å². The number of hydrogen-bond donors (Lipinski definition) is 4. The molecule has 0 unspecified atom stereocenters. The van der Waals surface area contributed by atoms with Gasteiger partial charge in [0.1, 0.15) is 0 Å². The smallest absolute Gasteiger partial charge is 0.358 e. The molecule has 0 atom stereocenters. The van der Waals surface area contributed by atoms with E-state index in [2.05, 4.69) is 76.0 Å². The topological polar surface area (TPSA) is 173 Å². The van der Waals surface area contributed by atoms with Crippen molar-refractivity contribution in [1.82, 2.24) is 19.6 Å². The van der Waals surface area contributed by atoms with E-state index in [1.165, 1.54) is 0 Å². The first-order chi connectivity index (χ1) is 12.7. The Morgan fingerprint density at radius 2 is 0.667 bits per heavy atom. The number of nitrogens with zero attached hydrogens (tertiary/aromatic N) is 6. The maximum Gasteiger partial charge on any atom is 0.358 e. The summed E-state index contributed by atoms with van der Waals surface area (Å²) in [5.41, 5.74) is 0. The minimum atomic E-state index is -1.46. The zero-order valence-electron chi connectivity index (χ0n) is 18.7. The van der Waals surface area contributed by atoms with Crippen molar-refractivity contribution in [3.05, 3.63) is 22.7 Å². The molecule has 0 aliphatic heterocycles. The predicted octanol–water partition coefficient (Wildman–Crippen LogP) is 0.342. The number of hydrogen-bond acceptors (Lipinski definition) is 10. The van der Waals surface area contributed by atoms with Gasteiger partial charge in [-0.3, -0.25) is 9.59 Å². The number of carbonyl (C=O) groups excluding carboxylic acids is 2. The molecule has 0 aromatic carbocycles. The predicted molar refractivity (Wildman–Crippen MR) is 110 cm³/mol. The molecule has 0 rings (SSSR count). The Balaban J connectivity index is -0.0000000457. The van der Waals surface area contributed by atoms with E-state index >= 15 is 0 Å². The molecular formula is C16H36Cu2N6O6-2. The maximum atomic E-state index is 8.24. The van der Waals surface area contributed by atoms with Gasteiger partial charge >= 0.3 is 11.9 Å². The van der Waals surface area contributed by atoms with Crippen LogP contribution in [-0.4, -0.2) is 135 Å². The summed E-state index contributed by atoms with van der Waals surface area (Å²) >= 11 is 0. The van der Waals surface area contributed by atoms with Crippen LogP contribution in [-0.2, 0) is 43.7 Å². The van der Waals surface area contributed by atoms with Crippen molar-refractivity contribution in [1.29, 1.82) is 0 Å². The number of rotatable bonds is 6. The molecule has 0 spiro atoms.